The van der Waals surface area contributed by atoms with Gasteiger partial charge in [0, 0.05) is 3.57 Å². The summed E-state index contributed by atoms with van der Waals surface area (Å²) < 4.78 is 6.05. The average Bonchev–Trinajstić information content (AvgIpc) is 2.73. The Kier molecular flexibility index (Phi) is 3.67. The van der Waals surface area contributed by atoms with Gasteiger partial charge in [0.15, 0.2) is 0 Å². The van der Waals surface area contributed by atoms with Crippen LogP contribution in [-0.2, 0) is 11.3 Å². The van der Waals surface area contributed by atoms with Gasteiger partial charge in [-0.15, -0.1) is 0 Å². The van der Waals surface area contributed by atoms with E-state index in [1.165, 1.54) is 4.90 Å². The van der Waals surface area contributed by atoms with Crippen LogP contribution >= 0.6 is 22.6 Å². The van der Waals surface area contributed by atoms with Crippen LogP contribution in [0.3, 0.4) is 0 Å². The van der Waals surface area contributed by atoms with E-state index < -0.39 is 11.7 Å². The molecule has 21 heavy (non-hydrogen) atoms. The Morgan fingerprint density at radius 2 is 1.81 bits per heavy atom. The first-order chi connectivity index (χ1) is 10.1. The second-order valence-electron chi connectivity index (χ2n) is 4.73. The lowest BCUT2D eigenvalue weighted by Crippen LogP contribution is -2.29. The summed E-state index contributed by atoms with van der Waals surface area (Å²) in [6.45, 7) is 0.377. The maximum atomic E-state index is 12.2. The minimum Gasteiger partial charge on any atom is -0.497 e. The van der Waals surface area contributed by atoms with Gasteiger partial charge in [-0.25, -0.2) is 0 Å². The van der Waals surface area contributed by atoms with Crippen molar-refractivity contribution in [2.45, 2.75) is 6.54 Å². The van der Waals surface area contributed by atoms with Gasteiger partial charge in [0.2, 0.25) is 0 Å². The summed E-state index contributed by atoms with van der Waals surface area (Å²) in [6, 6.07) is 12.9. The van der Waals surface area contributed by atoms with Gasteiger partial charge in [-0.2, -0.15) is 0 Å². The number of benzene rings is 2. The number of hydrogen-bond acceptors (Lipinski definition) is 3. The highest BCUT2D eigenvalue weighted by Gasteiger charge is 2.35. The number of ketones is 1. The lowest BCUT2D eigenvalue weighted by Gasteiger charge is -2.16. The third-order valence-electron chi connectivity index (χ3n) is 3.43. The number of nitrogens with zero attached hydrogens (tertiary/aromatic N) is 1. The van der Waals surface area contributed by atoms with Crippen molar-refractivity contribution in [1.29, 1.82) is 0 Å². The van der Waals surface area contributed by atoms with E-state index in [9.17, 15) is 9.59 Å². The predicted molar refractivity (Wildman–Crippen MR) is 87.7 cm³/mol. The molecule has 1 aliphatic heterocycles. The molecule has 0 aliphatic carbocycles. The normalized spacial score (nSPS) is 13.5. The van der Waals surface area contributed by atoms with Gasteiger partial charge in [0.25, 0.3) is 11.7 Å². The third-order valence-corrected chi connectivity index (χ3v) is 4.10. The topological polar surface area (TPSA) is 46.6 Å². The molecule has 1 heterocycles. The standard InChI is InChI=1S/C16H12INO3/c1-21-12-5-2-10(3-6-12)9-18-14-7-4-11(17)8-13(14)15(19)16(18)20/h2-8H,9H2,1H3. The maximum Gasteiger partial charge on any atom is 0.299 e. The van der Waals surface area contributed by atoms with Crippen LogP contribution in [0.15, 0.2) is 42.5 Å². The average molecular weight is 393 g/mol. The number of Topliss-reactive ketones (excluding diaryl/α,β-unsaturated/α-hetero) is 1. The first-order valence-electron chi connectivity index (χ1n) is 6.39. The van der Waals surface area contributed by atoms with Gasteiger partial charge in [-0.1, -0.05) is 12.1 Å². The van der Waals surface area contributed by atoms with E-state index >= 15 is 0 Å². The molecule has 4 nitrogen and oxygen atoms in total. The Hall–Kier alpha value is -1.89. The van der Waals surface area contributed by atoms with E-state index in [2.05, 4.69) is 22.6 Å². The van der Waals surface area contributed by atoms with Crippen LogP contribution in [0.2, 0.25) is 0 Å². The van der Waals surface area contributed by atoms with Gasteiger partial charge < -0.3 is 9.64 Å². The quantitative estimate of drug-likeness (QED) is 0.595. The zero-order chi connectivity index (χ0) is 15.0. The number of rotatable bonds is 3. The number of methoxy groups -OCH3 is 1. The van der Waals surface area contributed by atoms with Crippen molar-refractivity contribution in [2.24, 2.45) is 0 Å². The Morgan fingerprint density at radius 1 is 1.10 bits per heavy atom. The molecule has 1 amide bonds. The van der Waals surface area contributed by atoms with Gasteiger partial charge in [-0.05, 0) is 58.5 Å². The molecular weight excluding hydrogens is 381 g/mol. The molecular formula is C16H12INO3. The zero-order valence-electron chi connectivity index (χ0n) is 11.3. The molecule has 0 spiro atoms. The molecule has 3 rings (SSSR count). The number of carbonyl (C=O) groups excluding carboxylic acids is 2. The molecule has 0 fully saturated rings. The van der Waals surface area contributed by atoms with Gasteiger partial charge in [0.05, 0.1) is 24.9 Å². The van der Waals surface area contributed by atoms with Crippen LogP contribution < -0.4 is 9.64 Å². The summed E-state index contributed by atoms with van der Waals surface area (Å²) in [5.41, 5.74) is 2.12. The summed E-state index contributed by atoms with van der Waals surface area (Å²) >= 11 is 2.13. The van der Waals surface area contributed by atoms with E-state index in [1.54, 1.807) is 13.2 Å². The highest BCUT2D eigenvalue weighted by molar-refractivity contribution is 14.1. The fourth-order valence-electron chi connectivity index (χ4n) is 2.34. The van der Waals surface area contributed by atoms with Crippen LogP contribution in [0, 0.1) is 3.57 Å². The second-order valence-corrected chi connectivity index (χ2v) is 5.98. The molecule has 0 bridgehead atoms. The number of ether oxygens (including phenoxy) is 1. The fraction of sp³-hybridized carbons (Fsp3) is 0.125. The molecule has 0 saturated heterocycles. The summed E-state index contributed by atoms with van der Waals surface area (Å²) in [6.07, 6.45) is 0. The van der Waals surface area contributed by atoms with Crippen molar-refractivity contribution in [3.05, 3.63) is 57.2 Å². The van der Waals surface area contributed by atoms with Crippen LogP contribution in [-0.4, -0.2) is 18.8 Å². The fourth-order valence-corrected chi connectivity index (χ4v) is 2.83. The van der Waals surface area contributed by atoms with Gasteiger partial charge in [0.1, 0.15) is 5.75 Å². The van der Waals surface area contributed by atoms with E-state index in [0.717, 1.165) is 14.9 Å². The monoisotopic (exact) mass is 393 g/mol. The number of carbonyl (C=O) groups is 2. The number of amides is 1. The minimum absolute atomic E-state index is 0.377. The highest BCUT2D eigenvalue weighted by atomic mass is 127. The van der Waals surface area contributed by atoms with E-state index in [4.69, 9.17) is 4.74 Å². The molecule has 2 aromatic rings. The van der Waals surface area contributed by atoms with Gasteiger partial charge >= 0.3 is 0 Å². The first-order valence-corrected chi connectivity index (χ1v) is 7.46. The minimum atomic E-state index is -0.470. The van der Waals surface area contributed by atoms with Crippen LogP contribution in [0.5, 0.6) is 5.75 Å². The summed E-state index contributed by atoms with van der Waals surface area (Å²) in [5, 5.41) is 0. The molecule has 0 saturated carbocycles. The lowest BCUT2D eigenvalue weighted by atomic mass is 10.1. The molecule has 5 heteroatoms. The van der Waals surface area contributed by atoms with E-state index in [-0.39, 0.29) is 0 Å². The predicted octanol–water partition coefficient (Wildman–Crippen LogP) is 3.03. The molecule has 0 atom stereocenters. The van der Waals surface area contributed by atoms with Crippen molar-refractivity contribution in [3.8, 4) is 5.75 Å². The summed E-state index contributed by atoms with van der Waals surface area (Å²) in [7, 11) is 1.61. The molecule has 2 aromatic carbocycles. The van der Waals surface area contributed by atoms with Crippen molar-refractivity contribution in [2.75, 3.05) is 12.0 Å². The van der Waals surface area contributed by atoms with Gasteiger partial charge in [-0.3, -0.25) is 9.59 Å². The molecule has 0 radical (unpaired) electrons. The van der Waals surface area contributed by atoms with E-state index in [1.807, 2.05) is 36.4 Å². The Balaban J connectivity index is 1.92. The first kappa shape index (κ1) is 14.1. The molecule has 0 unspecified atom stereocenters. The zero-order valence-corrected chi connectivity index (χ0v) is 13.5. The highest BCUT2D eigenvalue weighted by Crippen LogP contribution is 2.31. The Labute approximate surface area is 135 Å². The smallest absolute Gasteiger partial charge is 0.299 e. The number of anilines is 1. The molecule has 1 aliphatic rings. The Bertz CT molecular complexity index is 725. The largest absolute Gasteiger partial charge is 0.497 e. The summed E-state index contributed by atoms with van der Waals surface area (Å²) in [4.78, 5) is 25.7. The number of halogens is 1. The summed E-state index contributed by atoms with van der Waals surface area (Å²) in [5.74, 6) is -0.141. The lowest BCUT2D eigenvalue weighted by molar-refractivity contribution is -0.114. The van der Waals surface area contributed by atoms with E-state index in [0.29, 0.717) is 17.8 Å². The molecule has 106 valence electrons. The van der Waals surface area contributed by atoms with Crippen molar-refractivity contribution in [3.63, 3.8) is 0 Å². The van der Waals surface area contributed by atoms with Crippen LogP contribution in [0.25, 0.3) is 0 Å². The Morgan fingerprint density at radius 3 is 2.48 bits per heavy atom. The van der Waals surface area contributed by atoms with Crippen molar-refractivity contribution >= 4 is 40.0 Å². The molecule has 0 N–H and O–H groups in total. The van der Waals surface area contributed by atoms with Crippen LogP contribution in [0.4, 0.5) is 5.69 Å². The number of hydrogen-bond donors (Lipinski definition) is 0. The van der Waals surface area contributed by atoms with Crippen molar-refractivity contribution in [1.82, 2.24) is 0 Å². The number of fused-ring (bicyclic) bond motifs is 1. The SMILES string of the molecule is COc1ccc(CN2C(=O)C(=O)c3cc(I)ccc32)cc1. The van der Waals surface area contributed by atoms with Crippen molar-refractivity contribution < 1.29 is 14.3 Å². The second kappa shape index (κ2) is 5.48. The maximum absolute atomic E-state index is 12.2. The third kappa shape index (κ3) is 2.53. The molecule has 0 aromatic heterocycles. The van der Waals surface area contributed by atoms with Crippen LogP contribution in [0.1, 0.15) is 15.9 Å².